The zero-order valence-corrected chi connectivity index (χ0v) is 27.1. The van der Waals surface area contributed by atoms with Gasteiger partial charge in [0.05, 0.1) is 11.1 Å². The molecule has 0 fully saturated rings. The molecule has 6 aromatic carbocycles. The molecule has 0 saturated carbocycles. The van der Waals surface area contributed by atoms with E-state index in [2.05, 4.69) is 23.7 Å². The third kappa shape index (κ3) is 7.36. The van der Waals surface area contributed by atoms with Gasteiger partial charge in [-0.1, -0.05) is 135 Å². The molecule has 6 rings (SSSR count). The summed E-state index contributed by atoms with van der Waals surface area (Å²) in [4.78, 5) is 24.1. The summed E-state index contributed by atoms with van der Waals surface area (Å²) in [7, 11) is 0. The van der Waals surface area contributed by atoms with E-state index in [9.17, 15) is 19.8 Å². The van der Waals surface area contributed by atoms with E-state index < -0.39 is 17.4 Å². The van der Waals surface area contributed by atoms with Crippen molar-refractivity contribution < 1.29 is 19.8 Å². The van der Waals surface area contributed by atoms with Crippen molar-refractivity contribution in [1.82, 2.24) is 0 Å². The molecule has 49 heavy (non-hydrogen) atoms. The van der Waals surface area contributed by atoms with Gasteiger partial charge in [0.2, 0.25) is 0 Å². The highest BCUT2D eigenvalue weighted by Gasteiger charge is 2.29. The Balaban J connectivity index is 1.44. The van der Waals surface area contributed by atoms with Gasteiger partial charge in [-0.2, -0.15) is 0 Å². The van der Waals surface area contributed by atoms with Gasteiger partial charge >= 0.3 is 11.9 Å². The number of carboxylic acid groups (broad SMARTS) is 2. The predicted molar refractivity (Wildman–Crippen MR) is 195 cm³/mol. The average molecular weight is 637 g/mol. The summed E-state index contributed by atoms with van der Waals surface area (Å²) in [5.41, 5.74) is 8.02. The number of rotatable bonds is 6. The van der Waals surface area contributed by atoms with Gasteiger partial charge < -0.3 is 10.2 Å². The van der Waals surface area contributed by atoms with Gasteiger partial charge in [-0.25, -0.2) is 9.59 Å². The maximum absolute atomic E-state index is 12.0. The van der Waals surface area contributed by atoms with Gasteiger partial charge in [0, 0.05) is 27.7 Å². The summed E-state index contributed by atoms with van der Waals surface area (Å²) < 4.78 is 0. The van der Waals surface area contributed by atoms with Gasteiger partial charge in [-0.3, -0.25) is 0 Å². The summed E-state index contributed by atoms with van der Waals surface area (Å²) in [5.74, 6) is 10.9. The van der Waals surface area contributed by atoms with E-state index in [4.69, 9.17) is 0 Å². The highest BCUT2D eigenvalue weighted by molar-refractivity contribution is 5.89. The molecular weight excluding hydrogens is 604 g/mol. The second-order valence-corrected chi connectivity index (χ2v) is 12.1. The van der Waals surface area contributed by atoms with Gasteiger partial charge in [0.15, 0.2) is 0 Å². The number of aromatic carboxylic acids is 2. The number of carboxylic acids is 2. The summed E-state index contributed by atoms with van der Waals surface area (Å²) in [5, 5.41) is 19.7. The van der Waals surface area contributed by atoms with E-state index >= 15 is 0 Å². The quantitative estimate of drug-likeness (QED) is 0.179. The number of carbonyl (C=O) groups is 2. The van der Waals surface area contributed by atoms with Crippen LogP contribution in [-0.4, -0.2) is 22.2 Å². The van der Waals surface area contributed by atoms with Crippen molar-refractivity contribution in [2.75, 3.05) is 0 Å². The summed E-state index contributed by atoms with van der Waals surface area (Å²) >= 11 is 0. The number of benzene rings is 6. The van der Waals surface area contributed by atoms with Crippen molar-refractivity contribution in [3.8, 4) is 45.9 Å². The molecule has 0 aliphatic carbocycles. The first-order valence-corrected chi connectivity index (χ1v) is 15.8. The van der Waals surface area contributed by atoms with Gasteiger partial charge in [0.1, 0.15) is 0 Å². The fourth-order valence-corrected chi connectivity index (χ4v) is 5.89. The van der Waals surface area contributed by atoms with Crippen molar-refractivity contribution in [2.45, 2.75) is 19.3 Å². The molecule has 0 bridgehead atoms. The molecule has 0 spiro atoms. The Kier molecular flexibility index (Phi) is 9.25. The zero-order chi connectivity index (χ0) is 34.4. The van der Waals surface area contributed by atoms with Crippen LogP contribution in [0.5, 0.6) is 0 Å². The smallest absolute Gasteiger partial charge is 0.335 e. The molecule has 0 atom stereocenters. The van der Waals surface area contributed by atoms with Crippen LogP contribution in [0.25, 0.3) is 22.3 Å². The van der Waals surface area contributed by atoms with E-state index in [0.717, 1.165) is 44.5 Å². The maximum atomic E-state index is 12.0. The van der Waals surface area contributed by atoms with Crippen molar-refractivity contribution in [1.29, 1.82) is 0 Å². The van der Waals surface area contributed by atoms with Crippen LogP contribution in [0, 0.1) is 23.7 Å². The van der Waals surface area contributed by atoms with Crippen molar-refractivity contribution in [3.63, 3.8) is 0 Å². The lowest BCUT2D eigenvalue weighted by Gasteiger charge is -2.29. The predicted octanol–water partition coefficient (Wildman–Crippen LogP) is 9.54. The Labute approximate surface area is 286 Å². The molecule has 0 heterocycles. The SMILES string of the molecule is CC(C)(c1ccc(C(=O)O)cc1C#Cc1cccc(-c2ccccc2)c1)c1ccc(C(=O)O)cc1C#Cc1cccc(-c2ccccc2)c1. The molecule has 236 valence electrons. The maximum Gasteiger partial charge on any atom is 0.335 e. The monoisotopic (exact) mass is 636 g/mol. The minimum absolute atomic E-state index is 0.126. The van der Waals surface area contributed by atoms with Crippen LogP contribution in [0.4, 0.5) is 0 Å². The van der Waals surface area contributed by atoms with Crippen LogP contribution in [-0.2, 0) is 5.41 Å². The molecule has 0 saturated heterocycles. The third-order valence-corrected chi connectivity index (χ3v) is 8.50. The van der Waals surface area contributed by atoms with Crippen LogP contribution >= 0.6 is 0 Å². The van der Waals surface area contributed by atoms with Crippen LogP contribution < -0.4 is 0 Å². The first-order valence-electron chi connectivity index (χ1n) is 15.8. The fourth-order valence-electron chi connectivity index (χ4n) is 5.89. The van der Waals surface area contributed by atoms with E-state index in [1.54, 1.807) is 36.4 Å². The summed E-state index contributed by atoms with van der Waals surface area (Å²) in [6.07, 6.45) is 0. The second-order valence-electron chi connectivity index (χ2n) is 12.1. The third-order valence-electron chi connectivity index (χ3n) is 8.50. The average Bonchev–Trinajstić information content (AvgIpc) is 3.13. The number of hydrogen-bond donors (Lipinski definition) is 2. The molecule has 0 aliphatic heterocycles. The molecule has 0 radical (unpaired) electrons. The lowest BCUT2D eigenvalue weighted by molar-refractivity contribution is 0.0686. The van der Waals surface area contributed by atoms with Crippen molar-refractivity contribution >= 4 is 11.9 Å². The molecule has 0 amide bonds. The molecule has 0 unspecified atom stereocenters. The molecule has 4 nitrogen and oxygen atoms in total. The number of hydrogen-bond acceptors (Lipinski definition) is 2. The fraction of sp³-hybridized carbons (Fsp3) is 0.0667. The second kappa shape index (κ2) is 14.0. The lowest BCUT2D eigenvalue weighted by Crippen LogP contribution is -2.22. The summed E-state index contributed by atoms with van der Waals surface area (Å²) in [6.45, 7) is 4.03. The lowest BCUT2D eigenvalue weighted by atomic mass is 9.73. The minimum atomic E-state index is -1.05. The summed E-state index contributed by atoms with van der Waals surface area (Å²) in [6, 6.07) is 45.8. The van der Waals surface area contributed by atoms with Crippen LogP contribution in [0.15, 0.2) is 146 Å². The Hall–Kier alpha value is -6.62. The Morgan fingerprint density at radius 1 is 0.449 bits per heavy atom. The van der Waals surface area contributed by atoms with Crippen LogP contribution in [0.3, 0.4) is 0 Å². The van der Waals surface area contributed by atoms with E-state index in [1.807, 2.05) is 123 Å². The van der Waals surface area contributed by atoms with Gasteiger partial charge in [-0.05, 0) is 81.9 Å². The minimum Gasteiger partial charge on any atom is -0.478 e. The first-order chi connectivity index (χ1) is 23.7. The normalized spacial score (nSPS) is 10.7. The Morgan fingerprint density at radius 2 is 0.837 bits per heavy atom. The standard InChI is InChI=1S/C45H32O4/c1-45(2,41-25-23-39(43(46)47)29-37(41)21-19-31-11-9-17-35(27-31)33-13-5-3-6-14-33)42-26-24-40(44(48)49)30-38(42)22-20-32-12-10-18-36(28-32)34-15-7-4-8-16-34/h3-18,23-30H,1-2H3,(H,46,47)(H,48,49). The van der Waals surface area contributed by atoms with Crippen molar-refractivity contribution in [2.24, 2.45) is 0 Å². The van der Waals surface area contributed by atoms with Crippen molar-refractivity contribution in [3.05, 3.63) is 190 Å². The van der Waals surface area contributed by atoms with Crippen LogP contribution in [0.1, 0.15) is 67.9 Å². The molecule has 0 aromatic heterocycles. The topological polar surface area (TPSA) is 74.6 Å². The molecular formula is C45H32O4. The highest BCUT2D eigenvalue weighted by Crippen LogP contribution is 2.36. The Bertz CT molecular complexity index is 2150. The van der Waals surface area contributed by atoms with E-state index in [0.29, 0.717) is 11.1 Å². The molecule has 4 heteroatoms. The largest absolute Gasteiger partial charge is 0.478 e. The molecule has 2 N–H and O–H groups in total. The van der Waals surface area contributed by atoms with E-state index in [1.165, 1.54) is 0 Å². The zero-order valence-electron chi connectivity index (χ0n) is 27.1. The Morgan fingerprint density at radius 3 is 1.22 bits per heavy atom. The molecule has 0 aliphatic rings. The highest BCUT2D eigenvalue weighted by atomic mass is 16.4. The first kappa shape index (κ1) is 32.3. The van der Waals surface area contributed by atoms with Gasteiger partial charge in [0.25, 0.3) is 0 Å². The van der Waals surface area contributed by atoms with E-state index in [-0.39, 0.29) is 11.1 Å². The van der Waals surface area contributed by atoms with Gasteiger partial charge in [-0.15, -0.1) is 0 Å². The van der Waals surface area contributed by atoms with Crippen LogP contribution in [0.2, 0.25) is 0 Å². The molecule has 6 aromatic rings.